The van der Waals surface area contributed by atoms with E-state index in [0.29, 0.717) is 17.3 Å². The number of carbonyl (C=O) groups is 3. The van der Waals surface area contributed by atoms with Crippen LogP contribution in [0.4, 0.5) is 5.69 Å². The van der Waals surface area contributed by atoms with Crippen LogP contribution in [-0.4, -0.2) is 88.1 Å². The average Bonchev–Trinajstić information content (AvgIpc) is 3.55. The predicted octanol–water partition coefficient (Wildman–Crippen LogP) is 3.20. The first-order valence-corrected chi connectivity index (χ1v) is 13.9. The number of nitrogens with zero attached hydrogens (tertiary/aromatic N) is 4. The van der Waals surface area contributed by atoms with Crippen molar-refractivity contribution in [1.82, 2.24) is 14.7 Å². The molecule has 8 nitrogen and oxygen atoms in total. The number of thioether (sulfide) groups is 1. The van der Waals surface area contributed by atoms with Gasteiger partial charge in [-0.3, -0.25) is 19.3 Å². The van der Waals surface area contributed by atoms with Crippen molar-refractivity contribution in [1.29, 1.82) is 0 Å². The molecule has 0 aromatic heterocycles. The number of hydrogen-bond donors (Lipinski definition) is 1. The topological polar surface area (TPSA) is 85.3 Å². The Morgan fingerprint density at radius 1 is 0.971 bits per heavy atom. The zero-order chi connectivity index (χ0) is 24.2. The molecule has 3 heterocycles. The number of amides is 3. The Kier molecular flexibility index (Phi) is 7.72. The van der Waals surface area contributed by atoms with Gasteiger partial charge in [0, 0.05) is 63.0 Å². The maximum absolute atomic E-state index is 13.1. The van der Waals surface area contributed by atoms with Crippen LogP contribution >= 0.6 is 11.8 Å². The van der Waals surface area contributed by atoms with Crippen LogP contribution in [0, 0.1) is 0 Å². The lowest BCUT2D eigenvalue weighted by atomic mass is 10.1. The van der Waals surface area contributed by atoms with Gasteiger partial charge >= 0.3 is 0 Å². The highest BCUT2D eigenvalue weighted by Crippen LogP contribution is 2.29. The van der Waals surface area contributed by atoms with Crippen LogP contribution in [0.1, 0.15) is 61.7 Å². The summed E-state index contributed by atoms with van der Waals surface area (Å²) in [6.07, 6.45) is 8.73. The molecule has 1 atom stereocenters. The molecular weight excluding hydrogens is 462 g/mol. The zero-order valence-corrected chi connectivity index (χ0v) is 21.1. The third kappa shape index (κ3) is 5.89. The van der Waals surface area contributed by atoms with Gasteiger partial charge in [-0.2, -0.15) is 4.99 Å². The maximum atomic E-state index is 13.1. The summed E-state index contributed by atoms with van der Waals surface area (Å²) in [5.41, 5.74) is 1.16. The average molecular weight is 498 g/mol. The van der Waals surface area contributed by atoms with Crippen molar-refractivity contribution in [2.24, 2.45) is 4.99 Å². The fraction of sp³-hybridized carbons (Fsp3) is 0.615. The van der Waals surface area contributed by atoms with Gasteiger partial charge in [-0.15, -0.1) is 0 Å². The molecule has 4 aliphatic rings. The number of piperidine rings is 1. The van der Waals surface area contributed by atoms with Crippen LogP contribution in [0.5, 0.6) is 0 Å². The number of carbonyl (C=O) groups excluding carboxylic acids is 3. The normalized spacial score (nSPS) is 24.1. The summed E-state index contributed by atoms with van der Waals surface area (Å²) in [5, 5.41) is 3.16. The second-order valence-electron chi connectivity index (χ2n) is 9.99. The van der Waals surface area contributed by atoms with Crippen molar-refractivity contribution in [3.8, 4) is 0 Å². The summed E-state index contributed by atoms with van der Waals surface area (Å²) >= 11 is 1.40. The highest BCUT2D eigenvalue weighted by atomic mass is 32.2. The van der Waals surface area contributed by atoms with E-state index in [-0.39, 0.29) is 24.1 Å². The van der Waals surface area contributed by atoms with Gasteiger partial charge in [0.1, 0.15) is 5.25 Å². The van der Waals surface area contributed by atoms with E-state index in [2.05, 4.69) is 20.1 Å². The van der Waals surface area contributed by atoms with Gasteiger partial charge in [0.15, 0.2) is 5.17 Å². The molecule has 9 heteroatoms. The lowest BCUT2D eigenvalue weighted by Crippen LogP contribution is -2.51. The largest absolute Gasteiger partial charge is 0.351 e. The van der Waals surface area contributed by atoms with Crippen molar-refractivity contribution in [2.45, 2.75) is 62.7 Å². The SMILES string of the molecule is O=C(CC1SC(N2CCCCC2)=NC1=O)Nc1cccc(C(=O)N2CCN(C3CCCC3)CC2)c1. The van der Waals surface area contributed by atoms with Crippen molar-refractivity contribution in [2.75, 3.05) is 44.6 Å². The summed E-state index contributed by atoms with van der Waals surface area (Å²) in [7, 11) is 0. The highest BCUT2D eigenvalue weighted by molar-refractivity contribution is 8.15. The Morgan fingerprint density at radius 3 is 2.46 bits per heavy atom. The molecule has 3 fully saturated rings. The van der Waals surface area contributed by atoms with E-state index < -0.39 is 5.25 Å². The van der Waals surface area contributed by atoms with E-state index in [9.17, 15) is 14.4 Å². The van der Waals surface area contributed by atoms with Crippen molar-refractivity contribution in [3.05, 3.63) is 29.8 Å². The summed E-state index contributed by atoms with van der Waals surface area (Å²) in [4.78, 5) is 49.0. The predicted molar refractivity (Wildman–Crippen MR) is 139 cm³/mol. The number of hydrogen-bond acceptors (Lipinski definition) is 6. The Labute approximate surface area is 211 Å². The lowest BCUT2D eigenvalue weighted by molar-refractivity contribution is -0.121. The minimum absolute atomic E-state index is 0.00766. The van der Waals surface area contributed by atoms with E-state index in [1.54, 1.807) is 24.3 Å². The van der Waals surface area contributed by atoms with E-state index in [4.69, 9.17) is 0 Å². The van der Waals surface area contributed by atoms with E-state index in [1.807, 2.05) is 4.90 Å². The smallest absolute Gasteiger partial charge is 0.262 e. The lowest BCUT2D eigenvalue weighted by Gasteiger charge is -2.38. The maximum Gasteiger partial charge on any atom is 0.262 e. The number of nitrogens with one attached hydrogen (secondary N) is 1. The Bertz CT molecular complexity index is 979. The third-order valence-electron chi connectivity index (χ3n) is 7.56. The van der Waals surface area contributed by atoms with Gasteiger partial charge in [-0.25, -0.2) is 0 Å². The molecule has 0 radical (unpaired) electrons. The zero-order valence-electron chi connectivity index (χ0n) is 20.3. The third-order valence-corrected chi connectivity index (χ3v) is 8.78. The van der Waals surface area contributed by atoms with Crippen molar-refractivity contribution >= 4 is 40.3 Å². The molecular formula is C26H35N5O3S. The van der Waals surface area contributed by atoms with E-state index in [1.165, 1.54) is 43.9 Å². The molecule has 0 bridgehead atoms. The molecule has 1 aliphatic carbocycles. The number of piperazine rings is 1. The molecule has 35 heavy (non-hydrogen) atoms. The van der Waals surface area contributed by atoms with Gasteiger partial charge in [-0.1, -0.05) is 30.7 Å². The molecule has 3 aliphatic heterocycles. The molecule has 1 aromatic carbocycles. The van der Waals surface area contributed by atoms with Crippen molar-refractivity contribution in [3.63, 3.8) is 0 Å². The number of amidine groups is 1. The molecule has 3 amide bonds. The van der Waals surface area contributed by atoms with Crippen LogP contribution in [0.15, 0.2) is 29.3 Å². The number of rotatable bonds is 5. The van der Waals surface area contributed by atoms with Crippen LogP contribution < -0.4 is 5.32 Å². The van der Waals surface area contributed by atoms with Crippen LogP contribution in [0.3, 0.4) is 0 Å². The molecule has 1 saturated carbocycles. The summed E-state index contributed by atoms with van der Waals surface area (Å²) in [6.45, 7) is 5.20. The van der Waals surface area contributed by atoms with Crippen LogP contribution in [0.2, 0.25) is 0 Å². The quantitative estimate of drug-likeness (QED) is 0.673. The first kappa shape index (κ1) is 24.3. The first-order valence-electron chi connectivity index (χ1n) is 13.0. The second kappa shape index (κ2) is 11.1. The molecule has 0 spiro atoms. The van der Waals surface area contributed by atoms with Gasteiger partial charge in [0.2, 0.25) is 5.91 Å². The molecule has 188 valence electrons. The monoisotopic (exact) mass is 497 g/mol. The molecule has 2 saturated heterocycles. The molecule has 1 aromatic rings. The Morgan fingerprint density at radius 2 is 1.71 bits per heavy atom. The summed E-state index contributed by atoms with van der Waals surface area (Å²) < 4.78 is 0. The highest BCUT2D eigenvalue weighted by Gasteiger charge is 2.33. The second-order valence-corrected chi connectivity index (χ2v) is 11.2. The fourth-order valence-electron chi connectivity index (χ4n) is 5.58. The van der Waals surface area contributed by atoms with Gasteiger partial charge in [0.25, 0.3) is 11.8 Å². The molecule has 1 unspecified atom stereocenters. The van der Waals surface area contributed by atoms with E-state index >= 15 is 0 Å². The fourth-order valence-corrected chi connectivity index (χ4v) is 6.70. The van der Waals surface area contributed by atoms with Gasteiger partial charge in [0.05, 0.1) is 0 Å². The Balaban J connectivity index is 1.12. The number of anilines is 1. The van der Waals surface area contributed by atoms with Gasteiger partial charge < -0.3 is 15.1 Å². The van der Waals surface area contributed by atoms with Crippen LogP contribution in [-0.2, 0) is 9.59 Å². The minimum atomic E-state index is -0.479. The number of likely N-dealkylation sites (tertiary alicyclic amines) is 1. The van der Waals surface area contributed by atoms with E-state index in [0.717, 1.165) is 57.3 Å². The molecule has 1 N–H and O–H groups in total. The Hall–Kier alpha value is -2.39. The van der Waals surface area contributed by atoms with Crippen molar-refractivity contribution < 1.29 is 14.4 Å². The first-order chi connectivity index (χ1) is 17.1. The molecule has 5 rings (SSSR count). The number of benzene rings is 1. The summed E-state index contributed by atoms with van der Waals surface area (Å²) in [5.74, 6) is -0.458. The standard InChI is InChI=1S/C26H35N5O3S/c32-23(18-22-24(33)28-26(35-22)31-11-4-1-5-12-31)27-20-8-6-7-19(17-20)25(34)30-15-13-29(14-16-30)21-9-2-3-10-21/h6-8,17,21-22H,1-5,9-16,18H2,(H,27,32). The van der Waals surface area contributed by atoms with Crippen LogP contribution in [0.25, 0.3) is 0 Å². The van der Waals surface area contributed by atoms with Gasteiger partial charge in [-0.05, 0) is 50.3 Å². The summed E-state index contributed by atoms with van der Waals surface area (Å²) in [6, 6.07) is 7.81. The number of aliphatic imine (C=N–C) groups is 1. The minimum Gasteiger partial charge on any atom is -0.351 e.